The second kappa shape index (κ2) is 30.1. The maximum Gasteiger partial charge on any atom is 0.218 e. The number of aliphatic hydroxyl groups is 20. The van der Waals surface area contributed by atoms with Gasteiger partial charge in [0.05, 0.1) is 26.4 Å². The van der Waals surface area contributed by atoms with Crippen molar-refractivity contribution in [2.75, 3.05) is 52.8 Å². The lowest BCUT2D eigenvalue weighted by Gasteiger charge is -2.46. The molecule has 32 heteroatoms. The molecule has 3 saturated heterocycles. The van der Waals surface area contributed by atoms with Crippen molar-refractivity contribution >= 4 is 0 Å². The number of hydrogen-bond donors (Lipinski definition) is 20. The van der Waals surface area contributed by atoms with Crippen LogP contribution in [0.3, 0.4) is 0 Å². The minimum Gasteiger partial charge on any atom is -0.510 e. The molecule has 3 aliphatic heterocycles. The highest BCUT2D eigenvalue weighted by Crippen LogP contribution is 2.32. The van der Waals surface area contributed by atoms with E-state index in [1.165, 1.54) is 0 Å². The topological polar surface area (TPSA) is 536 Å². The summed E-state index contributed by atoms with van der Waals surface area (Å²) in [4.78, 5) is 2.56. The van der Waals surface area contributed by atoms with E-state index >= 15 is 0 Å². The highest BCUT2D eigenvalue weighted by molar-refractivity contribution is 5.07. The van der Waals surface area contributed by atoms with Crippen LogP contribution in [-0.4, -0.2) is 284 Å². The summed E-state index contributed by atoms with van der Waals surface area (Å²) in [7, 11) is 0. The van der Waals surface area contributed by atoms with Crippen LogP contribution in [0.2, 0.25) is 0 Å². The van der Waals surface area contributed by atoms with E-state index in [4.69, 9.17) is 63.5 Å². The minimum absolute atomic E-state index is 0.299. The Morgan fingerprint density at radius 3 is 1.43 bits per heavy atom. The van der Waals surface area contributed by atoms with Crippen molar-refractivity contribution in [1.82, 2.24) is 0 Å². The fraction of sp³-hybridized carbons (Fsp3) is 0.842. The van der Waals surface area contributed by atoms with Gasteiger partial charge in [0.15, 0.2) is 43.0 Å². The van der Waals surface area contributed by atoms with Crippen molar-refractivity contribution in [3.05, 3.63) is 45.6 Å². The van der Waals surface area contributed by atoms with Crippen molar-refractivity contribution in [3.8, 4) is 0 Å². The first kappa shape index (κ1) is 61.0. The first-order valence-corrected chi connectivity index (χ1v) is 21.5. The van der Waals surface area contributed by atoms with Gasteiger partial charge in [0.25, 0.3) is 0 Å². The lowest BCUT2D eigenvalue weighted by molar-refractivity contribution is -0.358. The van der Waals surface area contributed by atoms with Gasteiger partial charge in [0.1, 0.15) is 103 Å². The molecule has 21 atom stereocenters. The number of rotatable bonds is 29. The minimum atomic E-state index is -2.60. The first-order chi connectivity index (χ1) is 33.1. The number of ether oxygens (including phenoxy) is 9. The molecule has 3 fully saturated rings. The molecule has 9 unspecified atom stereocenters. The Labute approximate surface area is 396 Å². The quantitative estimate of drug-likeness (QED) is 0.00826. The largest absolute Gasteiger partial charge is 0.510 e. The monoisotopic (exact) mass is 1030 g/mol. The predicted octanol–water partition coefficient (Wildman–Crippen LogP) is -7.77. The number of nitrogens with zero attached hydrogens (tertiary/aromatic N) is 3. The summed E-state index contributed by atoms with van der Waals surface area (Å²) in [6, 6.07) is 0. The molecule has 0 aromatic rings. The summed E-state index contributed by atoms with van der Waals surface area (Å²) in [5.74, 6) is -4.46. The van der Waals surface area contributed by atoms with Gasteiger partial charge in [-0.1, -0.05) is 5.11 Å². The van der Waals surface area contributed by atoms with Crippen LogP contribution in [0.1, 0.15) is 19.3 Å². The summed E-state index contributed by atoms with van der Waals surface area (Å²) in [5, 5.41) is 209. The Bertz CT molecular complexity index is 1680. The zero-order valence-electron chi connectivity index (χ0n) is 37.0. The molecule has 0 amide bonds. The molecule has 20 N–H and O–H groups in total. The Morgan fingerprint density at radius 1 is 0.529 bits per heavy atom. The third-order valence-electron chi connectivity index (χ3n) is 10.7. The van der Waals surface area contributed by atoms with Gasteiger partial charge in [0, 0.05) is 62.7 Å². The van der Waals surface area contributed by atoms with Crippen LogP contribution in [0.15, 0.2) is 40.3 Å². The first-order valence-electron chi connectivity index (χ1n) is 21.5. The third-order valence-corrected chi connectivity index (χ3v) is 10.7. The maximum absolute atomic E-state index is 11.4. The van der Waals surface area contributed by atoms with Crippen LogP contribution < -0.4 is 0 Å². The summed E-state index contributed by atoms with van der Waals surface area (Å²) in [5.41, 5.74) is 8.64. The molecule has 0 aromatic carbocycles. The van der Waals surface area contributed by atoms with Crippen LogP contribution in [-0.2, 0) is 42.6 Å². The van der Waals surface area contributed by atoms with Crippen LogP contribution in [0.25, 0.3) is 10.4 Å². The zero-order valence-corrected chi connectivity index (χ0v) is 37.0. The van der Waals surface area contributed by atoms with Crippen LogP contribution in [0.4, 0.5) is 0 Å². The van der Waals surface area contributed by atoms with Crippen molar-refractivity contribution < 1.29 is 145 Å². The van der Waals surface area contributed by atoms with Gasteiger partial charge in [-0.25, -0.2) is 0 Å². The lowest BCUT2D eigenvalue weighted by Crippen LogP contribution is -2.64. The molecule has 0 bridgehead atoms. The number of hydrogen-bond acceptors (Lipinski definition) is 30. The summed E-state index contributed by atoms with van der Waals surface area (Å²) >= 11 is 0. The van der Waals surface area contributed by atoms with Gasteiger partial charge in [-0.05, 0) is 5.53 Å². The Morgan fingerprint density at radius 2 is 0.971 bits per heavy atom. The van der Waals surface area contributed by atoms with Gasteiger partial charge >= 0.3 is 0 Å². The van der Waals surface area contributed by atoms with E-state index in [-0.39, 0.29) is 13.0 Å². The highest BCUT2D eigenvalue weighted by atomic mass is 16.8. The average molecular weight is 1030 g/mol. The van der Waals surface area contributed by atoms with Crippen LogP contribution in [0, 0.1) is 0 Å². The fourth-order valence-electron chi connectivity index (χ4n) is 6.87. The van der Waals surface area contributed by atoms with E-state index < -0.39 is 211 Å². The molecule has 406 valence electrons. The zero-order chi connectivity index (χ0) is 52.4. The summed E-state index contributed by atoms with van der Waals surface area (Å²) in [6.07, 6.45) is -41.8. The standard InChI is InChI=1S/C38H65N3O29/c39-41-40-4-8-62-36-30(59)32(68-22(51)9-17(49)14(46)1-5-42)26(55)20(66-36)12-63-37-31(60)33(69-23(52)10-18(50)15(47)2-6-43)27(56)21(67-37)13-64-38-34(28(57)25(54)19(11-45)65-38)70-35(61)29(58)24(53)16(48)3-7-44/h9-10,14-16,19-23,25-28,30-38,42-61H,1-8,11-13H2/b17-9-,18-10-,29-24-/t14-,15-,16-,19?,20?,21?,22-,23-,25-,26-,27-,28?,30?,31?,32?,33?,34?,35-,36-,37-,38+/m1/s1. The van der Waals surface area contributed by atoms with Gasteiger partial charge in [-0.3, -0.25) is 0 Å². The number of azide groups is 1. The lowest BCUT2D eigenvalue weighted by atomic mass is 9.97. The Hall–Kier alpha value is -3.27. The molecule has 0 spiro atoms. The van der Waals surface area contributed by atoms with Crippen molar-refractivity contribution in [3.63, 3.8) is 0 Å². The molecule has 3 aliphatic rings. The molecular weight excluding hydrogens is 962 g/mol. The van der Waals surface area contributed by atoms with Gasteiger partial charge < -0.3 is 145 Å². The second-order valence-electron chi connectivity index (χ2n) is 15.7. The molecular formula is C38H65N3O29. The molecule has 0 saturated carbocycles. The predicted molar refractivity (Wildman–Crippen MR) is 220 cm³/mol. The molecule has 0 radical (unpaired) electrons. The molecule has 3 rings (SSSR count). The molecule has 32 nitrogen and oxygen atoms in total. The third kappa shape index (κ3) is 17.2. The van der Waals surface area contributed by atoms with Crippen LogP contribution >= 0.6 is 0 Å². The van der Waals surface area contributed by atoms with E-state index in [0.717, 1.165) is 0 Å². The normalized spacial score (nSPS) is 35.2. The van der Waals surface area contributed by atoms with E-state index in [1.807, 2.05) is 0 Å². The Kier molecular flexibility index (Phi) is 26.2. The maximum atomic E-state index is 11.4. The Balaban J connectivity index is 1.96. The fourth-order valence-corrected chi connectivity index (χ4v) is 6.87. The van der Waals surface area contributed by atoms with E-state index in [0.29, 0.717) is 12.2 Å². The van der Waals surface area contributed by atoms with Crippen molar-refractivity contribution in [2.24, 2.45) is 5.11 Å². The molecule has 3 heterocycles. The second-order valence-corrected chi connectivity index (χ2v) is 15.7. The summed E-state index contributed by atoms with van der Waals surface area (Å²) < 4.78 is 49.7. The molecule has 0 aliphatic carbocycles. The van der Waals surface area contributed by atoms with E-state index in [2.05, 4.69) is 10.0 Å². The van der Waals surface area contributed by atoms with Gasteiger partial charge in [-0.2, -0.15) is 0 Å². The number of aliphatic hydroxyl groups excluding tert-OH is 20. The van der Waals surface area contributed by atoms with Gasteiger partial charge in [-0.15, -0.1) is 0 Å². The SMILES string of the molecule is [N-]=[N+]=NCCO[C@@H]1OC(CO[C@@H]2OC(CO[C@H]3OC(CO)[C@@H](O)C(O)C3O[C@@H](O)/C(O)=C(/O)[C@H](O)CCO)[C@@H](O)C(O[C@@H](O)/C=C(\O)[C@H](O)CCO)C2O)[C@@H](O)C(O[C@@H](O)/C=C(\O)[C@H](O)CCO)C1O. The van der Waals surface area contributed by atoms with E-state index in [1.54, 1.807) is 0 Å². The van der Waals surface area contributed by atoms with Crippen LogP contribution in [0.5, 0.6) is 0 Å². The van der Waals surface area contributed by atoms with E-state index in [9.17, 15) is 86.8 Å². The highest BCUT2D eigenvalue weighted by Gasteiger charge is 2.52. The smallest absolute Gasteiger partial charge is 0.218 e. The van der Waals surface area contributed by atoms with Crippen molar-refractivity contribution in [2.45, 2.75) is 149 Å². The molecule has 0 aromatic heterocycles. The average Bonchev–Trinajstić information content (AvgIpc) is 3.32. The summed E-state index contributed by atoms with van der Waals surface area (Å²) in [6.45, 7) is -5.37. The van der Waals surface area contributed by atoms with Gasteiger partial charge in [0.2, 0.25) is 6.29 Å². The molecule has 70 heavy (non-hydrogen) atoms. The van der Waals surface area contributed by atoms with Crippen molar-refractivity contribution in [1.29, 1.82) is 0 Å².